The molecule has 1 aliphatic rings. The fraction of sp³-hybridized carbons (Fsp3) is 0.190. The Morgan fingerprint density at radius 3 is 2.35 bits per heavy atom. The molecule has 2 aromatic carbocycles. The number of anilines is 1. The highest BCUT2D eigenvalue weighted by atomic mass is 16.5. The van der Waals surface area contributed by atoms with Gasteiger partial charge in [-0.25, -0.2) is 4.79 Å². The zero-order chi connectivity index (χ0) is 18.7. The highest BCUT2D eigenvalue weighted by Crippen LogP contribution is 2.35. The first-order chi connectivity index (χ1) is 12.5. The van der Waals surface area contributed by atoms with E-state index >= 15 is 0 Å². The van der Waals surface area contributed by atoms with Crippen LogP contribution < -0.4 is 14.4 Å². The second kappa shape index (κ2) is 7.35. The number of esters is 1. The second-order valence-corrected chi connectivity index (χ2v) is 6.05. The first-order valence-electron chi connectivity index (χ1n) is 8.17. The number of rotatable bonds is 5. The molecule has 3 rings (SSSR count). The van der Waals surface area contributed by atoms with Crippen LogP contribution in [0.5, 0.6) is 11.5 Å². The fourth-order valence-electron chi connectivity index (χ4n) is 2.67. The topological polar surface area (TPSA) is 48.0 Å². The summed E-state index contributed by atoms with van der Waals surface area (Å²) < 4.78 is 16.0. The third-order valence-electron chi connectivity index (χ3n) is 4.13. The van der Waals surface area contributed by atoms with E-state index in [4.69, 9.17) is 14.2 Å². The molecule has 0 amide bonds. The maximum absolute atomic E-state index is 12.2. The third kappa shape index (κ3) is 3.57. The van der Waals surface area contributed by atoms with E-state index in [0.29, 0.717) is 28.4 Å². The van der Waals surface area contributed by atoms with Crippen molar-refractivity contribution >= 4 is 23.5 Å². The SMILES string of the molecule is COc1ccc(C2=C/C(=C/c3ccc(N(C)C)cc3)C(=O)O2)c(OC)c1. The molecule has 0 fully saturated rings. The quantitative estimate of drug-likeness (QED) is 0.606. The lowest BCUT2D eigenvalue weighted by Crippen LogP contribution is -2.07. The van der Waals surface area contributed by atoms with Gasteiger partial charge in [-0.1, -0.05) is 12.1 Å². The molecule has 2 aromatic rings. The number of hydrogen-bond donors (Lipinski definition) is 0. The Morgan fingerprint density at radius 2 is 1.73 bits per heavy atom. The van der Waals surface area contributed by atoms with Gasteiger partial charge in [0.2, 0.25) is 0 Å². The number of cyclic esters (lactones) is 1. The van der Waals surface area contributed by atoms with Crippen molar-refractivity contribution in [3.8, 4) is 11.5 Å². The number of nitrogens with zero attached hydrogens (tertiary/aromatic N) is 1. The Hall–Kier alpha value is -3.21. The normalized spacial score (nSPS) is 14.8. The van der Waals surface area contributed by atoms with Gasteiger partial charge in [0.1, 0.15) is 17.3 Å². The Bertz CT molecular complexity index is 879. The third-order valence-corrected chi connectivity index (χ3v) is 4.13. The monoisotopic (exact) mass is 351 g/mol. The molecule has 0 aliphatic carbocycles. The van der Waals surface area contributed by atoms with Crippen LogP contribution in [-0.4, -0.2) is 34.3 Å². The minimum atomic E-state index is -0.380. The standard InChI is InChI=1S/C21H21NO4/c1-22(2)16-7-5-14(6-8-16)11-15-12-20(26-21(15)23)18-10-9-17(24-3)13-19(18)25-4/h5-13H,1-4H3/b15-11-. The van der Waals surface area contributed by atoms with Gasteiger partial charge in [0, 0.05) is 25.8 Å². The highest BCUT2D eigenvalue weighted by molar-refractivity contribution is 6.05. The predicted molar refractivity (Wildman–Crippen MR) is 102 cm³/mol. The summed E-state index contributed by atoms with van der Waals surface area (Å²) >= 11 is 0. The van der Waals surface area contributed by atoms with E-state index in [0.717, 1.165) is 11.3 Å². The van der Waals surface area contributed by atoms with Crippen LogP contribution in [0.4, 0.5) is 5.69 Å². The second-order valence-electron chi connectivity index (χ2n) is 6.05. The van der Waals surface area contributed by atoms with Crippen molar-refractivity contribution in [1.82, 2.24) is 0 Å². The van der Waals surface area contributed by atoms with Crippen LogP contribution in [0.2, 0.25) is 0 Å². The van der Waals surface area contributed by atoms with Gasteiger partial charge >= 0.3 is 5.97 Å². The fourth-order valence-corrected chi connectivity index (χ4v) is 2.67. The summed E-state index contributed by atoms with van der Waals surface area (Å²) in [6.07, 6.45) is 3.54. The molecule has 0 spiro atoms. The van der Waals surface area contributed by atoms with Crippen molar-refractivity contribution in [2.24, 2.45) is 0 Å². The molecule has 0 aromatic heterocycles. The van der Waals surface area contributed by atoms with Crippen LogP contribution in [0.25, 0.3) is 11.8 Å². The molecule has 0 N–H and O–H groups in total. The molecule has 1 heterocycles. The highest BCUT2D eigenvalue weighted by Gasteiger charge is 2.24. The first kappa shape index (κ1) is 17.6. The zero-order valence-electron chi connectivity index (χ0n) is 15.3. The zero-order valence-corrected chi connectivity index (χ0v) is 15.3. The Morgan fingerprint density at radius 1 is 1.00 bits per heavy atom. The lowest BCUT2D eigenvalue weighted by molar-refractivity contribution is -0.130. The molecule has 1 aliphatic heterocycles. The van der Waals surface area contributed by atoms with Crippen molar-refractivity contribution in [2.75, 3.05) is 33.2 Å². The van der Waals surface area contributed by atoms with Gasteiger partial charge in [0.05, 0.1) is 25.4 Å². The number of carbonyl (C=O) groups excluding carboxylic acids is 1. The van der Waals surface area contributed by atoms with Gasteiger partial charge in [0.15, 0.2) is 0 Å². The Balaban J connectivity index is 1.91. The maximum atomic E-state index is 12.2. The minimum Gasteiger partial charge on any atom is -0.497 e. The number of methoxy groups -OCH3 is 2. The van der Waals surface area contributed by atoms with Crippen LogP contribution in [0, 0.1) is 0 Å². The molecule has 0 saturated heterocycles. The minimum absolute atomic E-state index is 0.380. The number of hydrogen-bond acceptors (Lipinski definition) is 5. The van der Waals surface area contributed by atoms with Crippen molar-refractivity contribution in [2.45, 2.75) is 0 Å². The van der Waals surface area contributed by atoms with Gasteiger partial charge in [-0.05, 0) is 42.0 Å². The average molecular weight is 351 g/mol. The lowest BCUT2D eigenvalue weighted by Gasteiger charge is -2.11. The van der Waals surface area contributed by atoms with E-state index in [-0.39, 0.29) is 5.97 Å². The van der Waals surface area contributed by atoms with Crippen molar-refractivity contribution in [3.05, 3.63) is 65.2 Å². The molecule has 0 unspecified atom stereocenters. The smallest absolute Gasteiger partial charge is 0.343 e. The summed E-state index contributed by atoms with van der Waals surface area (Å²) in [7, 11) is 7.13. The van der Waals surface area contributed by atoms with Gasteiger partial charge in [-0.15, -0.1) is 0 Å². The van der Waals surface area contributed by atoms with Crippen molar-refractivity contribution in [1.29, 1.82) is 0 Å². The van der Waals surface area contributed by atoms with Crippen LogP contribution >= 0.6 is 0 Å². The lowest BCUT2D eigenvalue weighted by atomic mass is 10.1. The summed E-state index contributed by atoms with van der Waals surface area (Å²) in [6, 6.07) is 13.3. The van der Waals surface area contributed by atoms with Gasteiger partial charge in [-0.3, -0.25) is 0 Å². The number of ether oxygens (including phenoxy) is 3. The molecule has 26 heavy (non-hydrogen) atoms. The van der Waals surface area contributed by atoms with Gasteiger partial charge in [-0.2, -0.15) is 0 Å². The summed E-state index contributed by atoms with van der Waals surface area (Å²) in [6.45, 7) is 0. The molecule has 5 heteroatoms. The number of carbonyl (C=O) groups is 1. The van der Waals surface area contributed by atoms with E-state index in [1.807, 2.05) is 55.4 Å². The summed E-state index contributed by atoms with van der Waals surface area (Å²) in [5.74, 6) is 1.34. The van der Waals surface area contributed by atoms with Gasteiger partial charge < -0.3 is 19.1 Å². The number of benzene rings is 2. The van der Waals surface area contributed by atoms with E-state index < -0.39 is 0 Å². The molecule has 0 radical (unpaired) electrons. The van der Waals surface area contributed by atoms with Crippen molar-refractivity contribution in [3.63, 3.8) is 0 Å². The van der Waals surface area contributed by atoms with Gasteiger partial charge in [0.25, 0.3) is 0 Å². The van der Waals surface area contributed by atoms with E-state index in [2.05, 4.69) is 0 Å². The summed E-state index contributed by atoms with van der Waals surface area (Å²) in [4.78, 5) is 14.3. The first-order valence-corrected chi connectivity index (χ1v) is 8.17. The summed E-state index contributed by atoms with van der Waals surface area (Å²) in [5, 5.41) is 0. The Kier molecular flexibility index (Phi) is 4.98. The predicted octanol–water partition coefficient (Wildman–Crippen LogP) is 3.75. The molecule has 0 saturated carbocycles. The maximum Gasteiger partial charge on any atom is 0.343 e. The van der Waals surface area contributed by atoms with Crippen LogP contribution in [-0.2, 0) is 9.53 Å². The molecule has 0 atom stereocenters. The molecular weight excluding hydrogens is 330 g/mol. The van der Waals surface area contributed by atoms with E-state index in [1.165, 1.54) is 0 Å². The molecule has 5 nitrogen and oxygen atoms in total. The molecule has 0 bridgehead atoms. The van der Waals surface area contributed by atoms with E-state index in [1.54, 1.807) is 32.4 Å². The van der Waals surface area contributed by atoms with Crippen LogP contribution in [0.15, 0.2) is 54.1 Å². The molecule has 134 valence electrons. The summed E-state index contributed by atoms with van der Waals surface area (Å²) in [5.41, 5.74) is 3.23. The Labute approximate surface area is 153 Å². The van der Waals surface area contributed by atoms with Crippen LogP contribution in [0.1, 0.15) is 11.1 Å². The molecular formula is C21H21NO4. The van der Waals surface area contributed by atoms with Crippen LogP contribution in [0.3, 0.4) is 0 Å². The van der Waals surface area contributed by atoms with E-state index in [9.17, 15) is 4.79 Å². The average Bonchev–Trinajstić information content (AvgIpc) is 3.01. The largest absolute Gasteiger partial charge is 0.497 e. The van der Waals surface area contributed by atoms with Crippen molar-refractivity contribution < 1.29 is 19.0 Å².